The van der Waals surface area contributed by atoms with Gasteiger partial charge in [-0.1, -0.05) is 169 Å². The maximum Gasteiger partial charge on any atom is 0.252 e. The second kappa shape index (κ2) is 16.6. The van der Waals surface area contributed by atoms with Crippen molar-refractivity contribution in [3.8, 4) is 11.3 Å². The standard InChI is InChI=1S/C70H75BN4/c1-44-38-48(66(5,6)7)27-34-58(44)74-60-40-49(67(8,9)10)26-31-55(60)71-56-32-30-52(43-61(56)73(51-28-24-47(25-29-51)65(2,3)4)62-41-50(68(11,12)13)42-63(74)64(62)71)75-59-33-23-46(57-22-18-19-37-72-57)39-54(59)69(14)36-35-45-20-16-17-21-53(45)70(69,75)15/h16-34,37-43H,35-36H2,1-15H3. The summed E-state index contributed by atoms with van der Waals surface area (Å²) >= 11 is 0. The van der Waals surface area contributed by atoms with Gasteiger partial charge in [0.1, 0.15) is 0 Å². The van der Waals surface area contributed by atoms with E-state index < -0.39 is 0 Å². The highest BCUT2D eigenvalue weighted by Gasteiger charge is 2.60. The van der Waals surface area contributed by atoms with Gasteiger partial charge in [-0.05, 0) is 182 Å². The van der Waals surface area contributed by atoms with Crippen LogP contribution in [0.4, 0.5) is 45.5 Å². The van der Waals surface area contributed by atoms with E-state index in [9.17, 15) is 0 Å². The molecule has 4 nitrogen and oxygen atoms in total. The van der Waals surface area contributed by atoms with Gasteiger partial charge in [-0.25, -0.2) is 0 Å². The van der Waals surface area contributed by atoms with Crippen molar-refractivity contribution >= 4 is 68.6 Å². The van der Waals surface area contributed by atoms with Crippen LogP contribution in [-0.4, -0.2) is 11.7 Å². The molecule has 378 valence electrons. The molecule has 1 aromatic heterocycles. The molecule has 0 spiro atoms. The molecule has 12 rings (SSSR count). The van der Waals surface area contributed by atoms with E-state index in [0.29, 0.717) is 0 Å². The van der Waals surface area contributed by atoms with Crippen LogP contribution in [0.15, 0.2) is 158 Å². The molecule has 0 amide bonds. The highest BCUT2D eigenvalue weighted by atomic mass is 15.3. The number of aryl methyl sites for hydroxylation is 2. The van der Waals surface area contributed by atoms with Gasteiger partial charge >= 0.3 is 0 Å². The monoisotopic (exact) mass is 983 g/mol. The average Bonchev–Trinajstić information content (AvgIpc) is 3.81. The molecular formula is C70H75BN4. The first kappa shape index (κ1) is 49.1. The minimum absolute atomic E-state index is 0.0103. The molecule has 4 heterocycles. The molecule has 0 radical (unpaired) electrons. The smallest absolute Gasteiger partial charge is 0.252 e. The molecule has 0 saturated carbocycles. The molecule has 0 fully saturated rings. The van der Waals surface area contributed by atoms with Gasteiger partial charge in [-0.2, -0.15) is 0 Å². The Hall–Kier alpha value is -6.85. The maximum absolute atomic E-state index is 4.85. The predicted molar refractivity (Wildman–Crippen MR) is 321 cm³/mol. The highest BCUT2D eigenvalue weighted by Crippen LogP contribution is 2.64. The lowest BCUT2D eigenvalue weighted by Crippen LogP contribution is -2.61. The van der Waals surface area contributed by atoms with Crippen molar-refractivity contribution in [2.24, 2.45) is 0 Å². The van der Waals surface area contributed by atoms with E-state index in [-0.39, 0.29) is 39.3 Å². The molecule has 0 N–H and O–H groups in total. The van der Waals surface area contributed by atoms with Crippen molar-refractivity contribution in [3.63, 3.8) is 0 Å². The first-order valence-electron chi connectivity index (χ1n) is 27.6. The molecule has 75 heavy (non-hydrogen) atoms. The summed E-state index contributed by atoms with van der Waals surface area (Å²) in [6.45, 7) is 35.4. The van der Waals surface area contributed by atoms with E-state index in [1.807, 2.05) is 12.3 Å². The van der Waals surface area contributed by atoms with Gasteiger partial charge in [0.2, 0.25) is 0 Å². The Balaban J connectivity index is 1.16. The zero-order valence-corrected chi connectivity index (χ0v) is 47.3. The minimum Gasteiger partial charge on any atom is -0.330 e. The predicted octanol–water partition coefficient (Wildman–Crippen LogP) is 16.6. The van der Waals surface area contributed by atoms with Gasteiger partial charge in [-0.15, -0.1) is 0 Å². The molecular weight excluding hydrogens is 908 g/mol. The number of rotatable bonds is 4. The van der Waals surface area contributed by atoms with Crippen LogP contribution in [0.25, 0.3) is 11.3 Å². The Bertz CT molecular complexity index is 3600. The SMILES string of the molecule is Cc1cc(C(C)(C)C)ccc1N1c2cc(C(C)(C)C)ccc2B2c3ccc(N4c5ccc(-c6ccccn6)cc5C5(C)CCc6ccccc6C45C)cc3N(c3ccc(C(C)(C)C)cc3)c3cc(C(C)(C)C)cc1c32. The Morgan fingerprint density at radius 2 is 1.03 bits per heavy atom. The number of pyridine rings is 1. The summed E-state index contributed by atoms with van der Waals surface area (Å²) in [4.78, 5) is 12.9. The van der Waals surface area contributed by atoms with Crippen molar-refractivity contribution in [1.29, 1.82) is 0 Å². The topological polar surface area (TPSA) is 22.6 Å². The summed E-state index contributed by atoms with van der Waals surface area (Å²) in [5.74, 6) is 0. The normalized spacial score (nSPS) is 18.8. The van der Waals surface area contributed by atoms with Crippen molar-refractivity contribution in [2.45, 2.75) is 149 Å². The van der Waals surface area contributed by atoms with Crippen LogP contribution in [0.3, 0.4) is 0 Å². The summed E-state index contributed by atoms with van der Waals surface area (Å²) in [7, 11) is 0. The van der Waals surface area contributed by atoms with Gasteiger partial charge in [0, 0.05) is 62.7 Å². The number of nitrogens with zero attached hydrogens (tertiary/aromatic N) is 4. The lowest BCUT2D eigenvalue weighted by molar-refractivity contribution is 0.245. The first-order chi connectivity index (χ1) is 35.4. The number of hydrogen-bond donors (Lipinski definition) is 0. The second-order valence-corrected chi connectivity index (χ2v) is 26.9. The number of hydrogen-bond acceptors (Lipinski definition) is 4. The Kier molecular flexibility index (Phi) is 10.8. The number of fused-ring (bicyclic) bond motifs is 9. The summed E-state index contributed by atoms with van der Waals surface area (Å²) in [5, 5.41) is 0. The molecule has 8 aromatic rings. The zero-order chi connectivity index (χ0) is 52.9. The Labute approximate surface area is 449 Å². The summed E-state index contributed by atoms with van der Waals surface area (Å²) in [5.41, 5.74) is 26.2. The Morgan fingerprint density at radius 1 is 0.467 bits per heavy atom. The second-order valence-electron chi connectivity index (χ2n) is 26.9. The molecule has 2 atom stereocenters. The number of benzene rings is 7. The third-order valence-corrected chi connectivity index (χ3v) is 18.1. The van der Waals surface area contributed by atoms with Crippen molar-refractivity contribution < 1.29 is 0 Å². The third-order valence-electron chi connectivity index (χ3n) is 18.1. The van der Waals surface area contributed by atoms with E-state index in [0.717, 1.165) is 24.1 Å². The van der Waals surface area contributed by atoms with Gasteiger partial charge in [-0.3, -0.25) is 4.98 Å². The summed E-state index contributed by atoms with van der Waals surface area (Å²) in [6.07, 6.45) is 3.99. The van der Waals surface area contributed by atoms with Crippen LogP contribution in [0.5, 0.6) is 0 Å². The van der Waals surface area contributed by atoms with E-state index in [4.69, 9.17) is 4.98 Å². The Morgan fingerprint density at radius 3 is 1.68 bits per heavy atom. The van der Waals surface area contributed by atoms with Crippen molar-refractivity contribution in [2.75, 3.05) is 14.7 Å². The third kappa shape index (κ3) is 7.49. The molecule has 7 aromatic carbocycles. The van der Waals surface area contributed by atoms with Crippen LogP contribution in [0.1, 0.15) is 148 Å². The maximum atomic E-state index is 4.85. The van der Waals surface area contributed by atoms with E-state index in [2.05, 4.69) is 264 Å². The van der Waals surface area contributed by atoms with E-state index in [1.165, 1.54) is 106 Å². The largest absolute Gasteiger partial charge is 0.330 e. The van der Waals surface area contributed by atoms with Gasteiger partial charge in [0.15, 0.2) is 0 Å². The molecule has 0 bridgehead atoms. The molecule has 0 saturated heterocycles. The van der Waals surface area contributed by atoms with Crippen molar-refractivity contribution in [3.05, 3.63) is 202 Å². The molecule has 4 aliphatic rings. The molecule has 3 aliphatic heterocycles. The van der Waals surface area contributed by atoms with Crippen LogP contribution < -0.4 is 31.1 Å². The highest BCUT2D eigenvalue weighted by molar-refractivity contribution is 7.00. The van der Waals surface area contributed by atoms with Crippen LogP contribution in [-0.2, 0) is 39.0 Å². The minimum atomic E-state index is -0.388. The van der Waals surface area contributed by atoms with Crippen LogP contribution >= 0.6 is 0 Å². The van der Waals surface area contributed by atoms with E-state index >= 15 is 0 Å². The number of aromatic nitrogens is 1. The molecule has 2 unspecified atom stereocenters. The van der Waals surface area contributed by atoms with Gasteiger partial charge in [0.25, 0.3) is 6.71 Å². The zero-order valence-electron chi connectivity index (χ0n) is 47.3. The first-order valence-corrected chi connectivity index (χ1v) is 27.6. The lowest BCUT2D eigenvalue weighted by atomic mass is 9.33. The van der Waals surface area contributed by atoms with Gasteiger partial charge in [0.05, 0.1) is 11.2 Å². The fourth-order valence-electron chi connectivity index (χ4n) is 13.4. The number of anilines is 8. The van der Waals surface area contributed by atoms with Crippen LogP contribution in [0, 0.1) is 6.92 Å². The van der Waals surface area contributed by atoms with Crippen LogP contribution in [0.2, 0.25) is 0 Å². The average molecular weight is 983 g/mol. The molecule has 5 heteroatoms. The van der Waals surface area contributed by atoms with Crippen molar-refractivity contribution in [1.82, 2.24) is 4.98 Å². The summed E-state index contributed by atoms with van der Waals surface area (Å²) in [6, 6.07) is 59.4. The fraction of sp³-hybridized carbons (Fsp3) is 0.329. The van der Waals surface area contributed by atoms with Gasteiger partial charge < -0.3 is 14.7 Å². The fourth-order valence-corrected chi connectivity index (χ4v) is 13.4. The lowest BCUT2D eigenvalue weighted by Gasteiger charge is -2.51. The summed E-state index contributed by atoms with van der Waals surface area (Å²) < 4.78 is 0. The molecule has 1 aliphatic carbocycles. The quantitative estimate of drug-likeness (QED) is 0.164. The van der Waals surface area contributed by atoms with E-state index in [1.54, 1.807) is 0 Å².